The molecule has 1 fully saturated rings. The van der Waals surface area contributed by atoms with E-state index in [1.807, 2.05) is 24.3 Å². The highest BCUT2D eigenvalue weighted by Crippen LogP contribution is 2.24. The molecule has 0 radical (unpaired) electrons. The lowest BCUT2D eigenvalue weighted by atomic mass is 9.86. The minimum atomic E-state index is 0.0486. The lowest BCUT2D eigenvalue weighted by Crippen LogP contribution is -2.41. The maximum absolute atomic E-state index is 12.5. The molecule has 2 atom stereocenters. The molecule has 1 aromatic rings. The van der Waals surface area contributed by atoms with Crippen LogP contribution in [-0.4, -0.2) is 18.0 Å². The third-order valence-electron chi connectivity index (χ3n) is 4.04. The monoisotopic (exact) mass is 274 g/mol. The molecule has 0 aromatic heterocycles. The van der Waals surface area contributed by atoms with E-state index < -0.39 is 0 Å². The van der Waals surface area contributed by atoms with E-state index in [1.54, 1.807) is 0 Å². The zero-order valence-electron chi connectivity index (χ0n) is 12.8. The normalized spacial score (nSPS) is 22.6. The molecule has 1 aromatic carbocycles. The lowest BCUT2D eigenvalue weighted by Gasteiger charge is -2.29. The van der Waals surface area contributed by atoms with E-state index in [-0.39, 0.29) is 5.91 Å². The van der Waals surface area contributed by atoms with Crippen molar-refractivity contribution in [3.05, 3.63) is 29.8 Å². The molecular weight excluding hydrogens is 248 g/mol. The second-order valence-corrected chi connectivity index (χ2v) is 6.19. The molecule has 2 rings (SSSR count). The topological polar surface area (TPSA) is 41.1 Å². The van der Waals surface area contributed by atoms with Crippen molar-refractivity contribution in [2.75, 3.05) is 5.32 Å². The Morgan fingerprint density at radius 3 is 2.60 bits per heavy atom. The van der Waals surface area contributed by atoms with E-state index in [4.69, 9.17) is 0 Å². The van der Waals surface area contributed by atoms with Crippen molar-refractivity contribution in [2.45, 2.75) is 58.5 Å². The number of nitrogens with one attached hydrogen (secondary N) is 2. The Morgan fingerprint density at radius 2 is 1.90 bits per heavy atom. The van der Waals surface area contributed by atoms with Crippen LogP contribution < -0.4 is 10.6 Å². The van der Waals surface area contributed by atoms with Gasteiger partial charge in [-0.25, -0.2) is 0 Å². The molecule has 110 valence electrons. The van der Waals surface area contributed by atoms with E-state index in [1.165, 1.54) is 19.3 Å². The largest absolute Gasteiger partial charge is 0.382 e. The van der Waals surface area contributed by atoms with Gasteiger partial charge in [-0.15, -0.1) is 0 Å². The molecule has 0 saturated heterocycles. The Balaban J connectivity index is 2.08. The fourth-order valence-corrected chi connectivity index (χ4v) is 2.89. The minimum absolute atomic E-state index is 0.0486. The van der Waals surface area contributed by atoms with E-state index >= 15 is 0 Å². The predicted octanol–water partition coefficient (Wildman–Crippen LogP) is 3.82. The number of hydrogen-bond donors (Lipinski definition) is 2. The molecular formula is C17H26N2O. The molecule has 0 heterocycles. The number of carbonyl (C=O) groups excluding carboxylic acids is 1. The molecule has 0 spiro atoms. The second kappa shape index (κ2) is 6.78. The Labute approximate surface area is 122 Å². The zero-order chi connectivity index (χ0) is 14.5. The fraction of sp³-hybridized carbons (Fsp3) is 0.588. The summed E-state index contributed by atoms with van der Waals surface area (Å²) in [7, 11) is 0. The van der Waals surface area contributed by atoms with Crippen molar-refractivity contribution in [2.24, 2.45) is 5.92 Å². The van der Waals surface area contributed by atoms with Gasteiger partial charge in [-0.2, -0.15) is 0 Å². The van der Waals surface area contributed by atoms with Crippen LogP contribution in [0.2, 0.25) is 0 Å². The fourth-order valence-electron chi connectivity index (χ4n) is 2.89. The summed E-state index contributed by atoms with van der Waals surface area (Å²) >= 11 is 0. The van der Waals surface area contributed by atoms with Crippen LogP contribution in [0.1, 0.15) is 56.8 Å². The quantitative estimate of drug-likeness (QED) is 0.876. The van der Waals surface area contributed by atoms with Crippen LogP contribution in [0.3, 0.4) is 0 Å². The third-order valence-corrected chi connectivity index (χ3v) is 4.04. The van der Waals surface area contributed by atoms with Crippen LogP contribution in [0.5, 0.6) is 0 Å². The first-order valence-corrected chi connectivity index (χ1v) is 7.74. The smallest absolute Gasteiger partial charge is 0.253 e. The van der Waals surface area contributed by atoms with Crippen LogP contribution in [0.25, 0.3) is 0 Å². The first-order chi connectivity index (χ1) is 9.58. The number of amides is 1. The summed E-state index contributed by atoms with van der Waals surface area (Å²) in [5, 5.41) is 6.56. The number of benzene rings is 1. The Kier molecular flexibility index (Phi) is 5.05. The average Bonchev–Trinajstić information content (AvgIpc) is 2.41. The van der Waals surface area contributed by atoms with Gasteiger partial charge in [0.1, 0.15) is 0 Å². The number of para-hydroxylation sites is 1. The first kappa shape index (κ1) is 14.9. The van der Waals surface area contributed by atoms with E-state index in [0.717, 1.165) is 17.7 Å². The van der Waals surface area contributed by atoms with Gasteiger partial charge in [-0.3, -0.25) is 4.79 Å². The number of hydrogen-bond acceptors (Lipinski definition) is 2. The maximum Gasteiger partial charge on any atom is 0.253 e. The molecule has 2 N–H and O–H groups in total. The van der Waals surface area contributed by atoms with Crippen LogP contribution >= 0.6 is 0 Å². The minimum Gasteiger partial charge on any atom is -0.382 e. The van der Waals surface area contributed by atoms with E-state index in [9.17, 15) is 4.79 Å². The Morgan fingerprint density at radius 1 is 1.20 bits per heavy atom. The molecule has 1 aliphatic carbocycles. The molecule has 0 bridgehead atoms. The van der Waals surface area contributed by atoms with Gasteiger partial charge in [-0.05, 0) is 44.7 Å². The molecule has 1 aliphatic rings. The van der Waals surface area contributed by atoms with Gasteiger partial charge in [-0.1, -0.05) is 31.9 Å². The lowest BCUT2D eigenvalue weighted by molar-refractivity contribution is 0.0911. The summed E-state index contributed by atoms with van der Waals surface area (Å²) in [6.07, 6.45) is 4.84. The Hall–Kier alpha value is -1.51. The van der Waals surface area contributed by atoms with Crippen LogP contribution in [0.15, 0.2) is 24.3 Å². The van der Waals surface area contributed by atoms with Crippen molar-refractivity contribution in [1.29, 1.82) is 0 Å². The van der Waals surface area contributed by atoms with Gasteiger partial charge < -0.3 is 10.6 Å². The number of anilines is 1. The number of rotatable bonds is 4. The highest BCUT2D eigenvalue weighted by molar-refractivity contribution is 5.99. The molecule has 20 heavy (non-hydrogen) atoms. The summed E-state index contributed by atoms with van der Waals surface area (Å²) in [6, 6.07) is 8.39. The summed E-state index contributed by atoms with van der Waals surface area (Å²) in [5.41, 5.74) is 1.67. The van der Waals surface area contributed by atoms with Gasteiger partial charge in [0.25, 0.3) is 5.91 Å². The highest BCUT2D eigenvalue weighted by atomic mass is 16.1. The van der Waals surface area contributed by atoms with Gasteiger partial charge in [0.2, 0.25) is 0 Å². The van der Waals surface area contributed by atoms with Crippen molar-refractivity contribution in [3.8, 4) is 0 Å². The summed E-state index contributed by atoms with van der Waals surface area (Å²) in [4.78, 5) is 12.5. The standard InChI is InChI=1S/C17H26N2O/c1-12(2)18-16-11-7-5-9-14(16)17(20)19-15-10-6-4-8-13(15)3/h5,7,9,11-13,15,18H,4,6,8,10H2,1-3H3,(H,19,20). The van der Waals surface area contributed by atoms with Gasteiger partial charge in [0, 0.05) is 17.8 Å². The SMILES string of the molecule is CC(C)Nc1ccccc1C(=O)NC1CCCCC1C. The van der Waals surface area contributed by atoms with Crippen molar-refractivity contribution < 1.29 is 4.79 Å². The molecule has 0 aliphatic heterocycles. The Bertz CT molecular complexity index is 456. The molecule has 2 unspecified atom stereocenters. The second-order valence-electron chi connectivity index (χ2n) is 6.19. The van der Waals surface area contributed by atoms with E-state index in [0.29, 0.717) is 18.0 Å². The summed E-state index contributed by atoms with van der Waals surface area (Å²) < 4.78 is 0. The van der Waals surface area contributed by atoms with Crippen molar-refractivity contribution in [1.82, 2.24) is 5.32 Å². The summed E-state index contributed by atoms with van der Waals surface area (Å²) in [6.45, 7) is 6.40. The molecule has 1 saturated carbocycles. The first-order valence-electron chi connectivity index (χ1n) is 7.74. The molecule has 3 heteroatoms. The third kappa shape index (κ3) is 3.75. The average molecular weight is 274 g/mol. The maximum atomic E-state index is 12.5. The van der Waals surface area contributed by atoms with Gasteiger partial charge in [0.05, 0.1) is 5.56 Å². The molecule has 3 nitrogen and oxygen atoms in total. The number of carbonyl (C=O) groups is 1. The summed E-state index contributed by atoms with van der Waals surface area (Å²) in [5.74, 6) is 0.630. The van der Waals surface area contributed by atoms with Crippen LogP contribution in [0, 0.1) is 5.92 Å². The highest BCUT2D eigenvalue weighted by Gasteiger charge is 2.24. The molecule has 1 amide bonds. The van der Waals surface area contributed by atoms with Crippen LogP contribution in [-0.2, 0) is 0 Å². The predicted molar refractivity (Wildman–Crippen MR) is 84.1 cm³/mol. The van der Waals surface area contributed by atoms with E-state index in [2.05, 4.69) is 31.4 Å². The van der Waals surface area contributed by atoms with Gasteiger partial charge in [0.15, 0.2) is 0 Å². The van der Waals surface area contributed by atoms with Crippen molar-refractivity contribution in [3.63, 3.8) is 0 Å². The van der Waals surface area contributed by atoms with Gasteiger partial charge >= 0.3 is 0 Å². The van der Waals surface area contributed by atoms with Crippen LogP contribution in [0.4, 0.5) is 5.69 Å². The zero-order valence-corrected chi connectivity index (χ0v) is 12.8. The van der Waals surface area contributed by atoms with Crippen molar-refractivity contribution >= 4 is 11.6 Å².